The number of halogens is 2. The highest BCUT2D eigenvalue weighted by molar-refractivity contribution is 7.80. The lowest BCUT2D eigenvalue weighted by molar-refractivity contribution is 0.625. The molecule has 0 saturated heterocycles. The Balaban J connectivity index is 2.97. The van der Waals surface area contributed by atoms with Crippen LogP contribution in [0.5, 0.6) is 0 Å². The molecule has 0 heterocycles. The molecular weight excluding hydrogens is 195 g/mol. The Morgan fingerprint density at radius 3 is 2.92 bits per heavy atom. The number of benzene rings is 1. The fraction of sp³-hybridized carbons (Fsp3) is 0.111. The van der Waals surface area contributed by atoms with Crippen LogP contribution in [0, 0.1) is 5.82 Å². The second-order valence-electron chi connectivity index (χ2n) is 2.25. The van der Waals surface area contributed by atoms with Crippen molar-refractivity contribution in [3.8, 4) is 0 Å². The van der Waals surface area contributed by atoms with E-state index in [1.54, 1.807) is 18.2 Å². The first-order valence-electron chi connectivity index (χ1n) is 3.46. The summed E-state index contributed by atoms with van der Waals surface area (Å²) in [6, 6.07) is 4.45. The van der Waals surface area contributed by atoms with Gasteiger partial charge in [0.15, 0.2) is 0 Å². The fourth-order valence-electron chi connectivity index (χ4n) is 0.822. The Morgan fingerprint density at radius 1 is 1.50 bits per heavy atom. The van der Waals surface area contributed by atoms with E-state index in [2.05, 4.69) is 12.6 Å². The minimum Gasteiger partial charge on any atom is -0.206 e. The van der Waals surface area contributed by atoms with E-state index in [1.807, 2.05) is 0 Å². The van der Waals surface area contributed by atoms with Crippen LogP contribution >= 0.6 is 24.2 Å². The molecule has 0 unspecified atom stereocenters. The van der Waals surface area contributed by atoms with Gasteiger partial charge in [-0.15, -0.1) is 0 Å². The van der Waals surface area contributed by atoms with Crippen molar-refractivity contribution in [3.63, 3.8) is 0 Å². The monoisotopic (exact) mass is 202 g/mol. The third-order valence-corrected chi connectivity index (χ3v) is 1.81. The first-order valence-corrected chi connectivity index (χ1v) is 4.47. The summed E-state index contributed by atoms with van der Waals surface area (Å²) in [6.45, 7) is 0. The summed E-state index contributed by atoms with van der Waals surface area (Å²) < 4.78 is 13.0. The highest BCUT2D eigenvalue weighted by Crippen LogP contribution is 2.15. The van der Waals surface area contributed by atoms with Crippen molar-refractivity contribution in [1.82, 2.24) is 0 Å². The van der Waals surface area contributed by atoms with Gasteiger partial charge < -0.3 is 0 Å². The Bertz CT molecular complexity index is 297. The fourth-order valence-corrected chi connectivity index (χ4v) is 1.11. The van der Waals surface area contributed by atoms with Gasteiger partial charge in [-0.3, -0.25) is 0 Å². The molecule has 12 heavy (non-hydrogen) atoms. The van der Waals surface area contributed by atoms with Crippen molar-refractivity contribution in [2.45, 2.75) is 0 Å². The maximum atomic E-state index is 13.0. The van der Waals surface area contributed by atoms with E-state index in [4.69, 9.17) is 11.6 Å². The molecule has 0 aromatic heterocycles. The van der Waals surface area contributed by atoms with Gasteiger partial charge in [0.2, 0.25) is 0 Å². The summed E-state index contributed by atoms with van der Waals surface area (Å²) in [5.74, 6) is 0.323. The number of hydrogen-bond acceptors (Lipinski definition) is 1. The molecule has 0 aliphatic heterocycles. The topological polar surface area (TPSA) is 0 Å². The predicted octanol–water partition coefficient (Wildman–Crippen LogP) is 3.42. The maximum Gasteiger partial charge on any atom is 0.130 e. The van der Waals surface area contributed by atoms with Crippen LogP contribution in [0.4, 0.5) is 4.39 Å². The minimum absolute atomic E-state index is 0.266. The molecule has 0 aliphatic rings. The zero-order chi connectivity index (χ0) is 8.97. The van der Waals surface area contributed by atoms with E-state index in [1.165, 1.54) is 12.1 Å². The van der Waals surface area contributed by atoms with Crippen LogP contribution in [0.25, 0.3) is 6.08 Å². The van der Waals surface area contributed by atoms with Gasteiger partial charge in [-0.05, 0) is 18.2 Å². The van der Waals surface area contributed by atoms with Crippen LogP contribution < -0.4 is 0 Å². The molecule has 0 bridgehead atoms. The van der Waals surface area contributed by atoms with E-state index in [0.717, 1.165) is 0 Å². The summed E-state index contributed by atoms with van der Waals surface area (Å²) in [6.07, 6.45) is 3.42. The zero-order valence-corrected chi connectivity index (χ0v) is 7.95. The van der Waals surface area contributed by atoms with Gasteiger partial charge >= 0.3 is 0 Å². The van der Waals surface area contributed by atoms with Gasteiger partial charge in [-0.1, -0.05) is 23.8 Å². The summed E-state index contributed by atoms with van der Waals surface area (Å²) in [7, 11) is 0. The first kappa shape index (κ1) is 9.62. The lowest BCUT2D eigenvalue weighted by Gasteiger charge is -1.96. The summed E-state index contributed by atoms with van der Waals surface area (Å²) in [5.41, 5.74) is 0.497. The molecule has 0 N–H and O–H groups in total. The largest absolute Gasteiger partial charge is 0.206 e. The van der Waals surface area contributed by atoms with Gasteiger partial charge in [-0.25, -0.2) is 4.39 Å². The molecule has 0 aliphatic carbocycles. The predicted molar refractivity (Wildman–Crippen MR) is 54.3 cm³/mol. The van der Waals surface area contributed by atoms with Crippen LogP contribution in [0.3, 0.4) is 0 Å². The van der Waals surface area contributed by atoms with Gasteiger partial charge in [-0.2, -0.15) is 12.6 Å². The molecule has 1 rings (SSSR count). The average molecular weight is 203 g/mol. The van der Waals surface area contributed by atoms with Crippen molar-refractivity contribution in [3.05, 3.63) is 40.7 Å². The average Bonchev–Trinajstić information content (AvgIpc) is 2.07. The quantitative estimate of drug-likeness (QED) is 0.699. The molecule has 1 aromatic rings. The smallest absolute Gasteiger partial charge is 0.130 e. The summed E-state index contributed by atoms with van der Waals surface area (Å²) in [5, 5.41) is 0.537. The SMILES string of the molecule is Fc1ccc(Cl)cc1C=CCS. The molecule has 0 radical (unpaired) electrons. The standard InChI is InChI=1S/C9H8ClFS/c10-8-3-4-9(11)7(6-8)2-1-5-12/h1-4,6,12H,5H2. The molecule has 0 spiro atoms. The highest BCUT2D eigenvalue weighted by Gasteiger charge is 1.97. The van der Waals surface area contributed by atoms with E-state index in [-0.39, 0.29) is 5.82 Å². The van der Waals surface area contributed by atoms with E-state index < -0.39 is 0 Å². The number of thiol groups is 1. The van der Waals surface area contributed by atoms with Crippen molar-refractivity contribution in [2.24, 2.45) is 0 Å². The van der Waals surface area contributed by atoms with Crippen molar-refractivity contribution in [2.75, 3.05) is 5.75 Å². The first-order chi connectivity index (χ1) is 5.74. The van der Waals surface area contributed by atoms with Gasteiger partial charge in [0.05, 0.1) is 0 Å². The number of hydrogen-bond donors (Lipinski definition) is 1. The van der Waals surface area contributed by atoms with Crippen molar-refractivity contribution >= 4 is 30.3 Å². The van der Waals surface area contributed by atoms with E-state index in [0.29, 0.717) is 16.3 Å². The van der Waals surface area contributed by atoms with Gasteiger partial charge in [0, 0.05) is 16.3 Å². The Morgan fingerprint density at radius 2 is 2.25 bits per heavy atom. The minimum atomic E-state index is -0.266. The van der Waals surface area contributed by atoms with Gasteiger partial charge in [0.1, 0.15) is 5.82 Å². The van der Waals surface area contributed by atoms with Crippen LogP contribution in [0.2, 0.25) is 5.02 Å². The van der Waals surface area contributed by atoms with E-state index >= 15 is 0 Å². The molecule has 0 atom stereocenters. The second-order valence-corrected chi connectivity index (χ2v) is 3.05. The third kappa shape index (κ3) is 2.54. The zero-order valence-electron chi connectivity index (χ0n) is 6.30. The summed E-state index contributed by atoms with van der Waals surface area (Å²) >= 11 is 9.64. The summed E-state index contributed by atoms with van der Waals surface area (Å²) in [4.78, 5) is 0. The van der Waals surface area contributed by atoms with Crippen molar-refractivity contribution in [1.29, 1.82) is 0 Å². The molecule has 0 nitrogen and oxygen atoms in total. The van der Waals surface area contributed by atoms with E-state index in [9.17, 15) is 4.39 Å². The molecule has 3 heteroatoms. The molecule has 64 valence electrons. The lowest BCUT2D eigenvalue weighted by atomic mass is 10.2. The Hall–Kier alpha value is -0.470. The van der Waals surface area contributed by atoms with Crippen molar-refractivity contribution < 1.29 is 4.39 Å². The highest BCUT2D eigenvalue weighted by atomic mass is 35.5. The van der Waals surface area contributed by atoms with Crippen LogP contribution in [0.15, 0.2) is 24.3 Å². The van der Waals surface area contributed by atoms with Crippen LogP contribution in [-0.4, -0.2) is 5.75 Å². The normalized spacial score (nSPS) is 10.9. The molecule has 0 amide bonds. The molecular formula is C9H8ClFS. The van der Waals surface area contributed by atoms with Crippen LogP contribution in [-0.2, 0) is 0 Å². The molecule has 0 fully saturated rings. The Kier molecular flexibility index (Phi) is 3.63. The second kappa shape index (κ2) is 4.53. The number of rotatable bonds is 2. The molecule has 0 saturated carbocycles. The van der Waals surface area contributed by atoms with Gasteiger partial charge in [0.25, 0.3) is 0 Å². The van der Waals surface area contributed by atoms with Crippen LogP contribution in [0.1, 0.15) is 5.56 Å². The lowest BCUT2D eigenvalue weighted by Crippen LogP contribution is -1.80. The third-order valence-electron chi connectivity index (χ3n) is 1.36. The Labute approximate surface area is 81.5 Å². The molecule has 1 aromatic carbocycles. The maximum absolute atomic E-state index is 13.0.